The lowest BCUT2D eigenvalue weighted by Crippen LogP contribution is -2.31. The minimum Gasteiger partial charge on any atom is -0.503 e. The van der Waals surface area contributed by atoms with E-state index in [0.29, 0.717) is 16.9 Å². The summed E-state index contributed by atoms with van der Waals surface area (Å²) in [7, 11) is 0. The van der Waals surface area contributed by atoms with E-state index in [2.05, 4.69) is 4.98 Å². The van der Waals surface area contributed by atoms with E-state index in [1.165, 1.54) is 17.2 Å². The summed E-state index contributed by atoms with van der Waals surface area (Å²) in [5, 5.41) is 19.5. The van der Waals surface area contributed by atoms with Crippen LogP contribution in [0.2, 0.25) is 0 Å². The van der Waals surface area contributed by atoms with Gasteiger partial charge in [-0.3, -0.25) is 19.5 Å². The van der Waals surface area contributed by atoms with E-state index in [0.717, 1.165) is 0 Å². The molecule has 0 bridgehead atoms. The van der Waals surface area contributed by atoms with E-state index in [1.54, 1.807) is 54.7 Å². The minimum absolute atomic E-state index is 0.0111. The van der Waals surface area contributed by atoms with Crippen LogP contribution in [0.1, 0.15) is 27.9 Å². The van der Waals surface area contributed by atoms with Crippen LogP contribution in [0.15, 0.2) is 82.8 Å². The summed E-state index contributed by atoms with van der Waals surface area (Å²) in [6.45, 7) is 0. The Morgan fingerprint density at radius 3 is 2.54 bits per heavy atom. The van der Waals surface area contributed by atoms with E-state index in [1.807, 2.05) is 6.07 Å². The average Bonchev–Trinajstić information content (AvgIpc) is 3.36. The molecule has 1 atom stereocenters. The number of hydrogen-bond acceptors (Lipinski definition) is 6. The lowest BCUT2D eigenvalue weighted by molar-refractivity contribution is -0.117. The van der Waals surface area contributed by atoms with Gasteiger partial charge in [0, 0.05) is 11.9 Å². The molecular formula is C21H13N3O4. The summed E-state index contributed by atoms with van der Waals surface area (Å²) in [6, 6.07) is 15.5. The molecule has 0 saturated heterocycles. The van der Waals surface area contributed by atoms with Gasteiger partial charge in [-0.15, -0.1) is 0 Å². The number of Topliss-reactive ketones (excluding diaryl/α,β-unsaturated/α-hetero) is 1. The molecule has 0 fully saturated rings. The monoisotopic (exact) mass is 371 g/mol. The highest BCUT2D eigenvalue weighted by Crippen LogP contribution is 2.41. The molecule has 0 spiro atoms. The van der Waals surface area contributed by atoms with Crippen molar-refractivity contribution in [3.05, 3.63) is 95.4 Å². The molecular weight excluding hydrogens is 358 g/mol. The fourth-order valence-electron chi connectivity index (χ4n) is 3.16. The largest absolute Gasteiger partial charge is 0.503 e. The Morgan fingerprint density at radius 1 is 1.14 bits per heavy atom. The van der Waals surface area contributed by atoms with Crippen LogP contribution in [-0.4, -0.2) is 21.8 Å². The number of nitrogens with zero attached hydrogens (tertiary/aromatic N) is 3. The number of carbonyl (C=O) groups excluding carboxylic acids is 2. The molecule has 1 N–H and O–H groups in total. The first-order valence-electron chi connectivity index (χ1n) is 8.38. The molecule has 1 aliphatic rings. The maximum atomic E-state index is 13.0. The Hall–Kier alpha value is -4.18. The van der Waals surface area contributed by atoms with Gasteiger partial charge in [-0.2, -0.15) is 5.26 Å². The summed E-state index contributed by atoms with van der Waals surface area (Å²) in [5.41, 5.74) is 1.16. The Bertz CT molecular complexity index is 1110. The predicted molar refractivity (Wildman–Crippen MR) is 98.3 cm³/mol. The summed E-state index contributed by atoms with van der Waals surface area (Å²) >= 11 is 0. The van der Waals surface area contributed by atoms with Crippen molar-refractivity contribution in [2.75, 3.05) is 4.90 Å². The number of hydrogen-bond donors (Lipinski definition) is 1. The highest BCUT2D eigenvalue weighted by Gasteiger charge is 2.45. The fourth-order valence-corrected chi connectivity index (χ4v) is 3.16. The number of anilines is 1. The molecule has 2 aromatic heterocycles. The van der Waals surface area contributed by atoms with Crippen molar-refractivity contribution in [3.63, 3.8) is 0 Å². The number of amides is 1. The molecule has 1 aliphatic heterocycles. The van der Waals surface area contributed by atoms with Gasteiger partial charge in [0.05, 0.1) is 29.2 Å². The number of pyridine rings is 1. The number of aliphatic hydroxyl groups excluding tert-OH is 1. The highest BCUT2D eigenvalue weighted by atomic mass is 16.3. The first-order chi connectivity index (χ1) is 13.6. The molecule has 1 amide bonds. The number of furan rings is 1. The first kappa shape index (κ1) is 17.2. The average molecular weight is 371 g/mol. The molecule has 1 aromatic carbocycles. The summed E-state index contributed by atoms with van der Waals surface area (Å²) in [4.78, 5) is 31.4. The van der Waals surface area contributed by atoms with Crippen molar-refractivity contribution in [3.8, 4) is 6.07 Å². The van der Waals surface area contributed by atoms with Crippen molar-refractivity contribution in [2.45, 2.75) is 6.04 Å². The first-order valence-corrected chi connectivity index (χ1v) is 8.38. The van der Waals surface area contributed by atoms with Gasteiger partial charge in [0.1, 0.15) is 6.04 Å². The molecule has 136 valence electrons. The standard InChI is InChI=1S/C21H13N3O4/c22-12-13-6-8-14(9-7-13)24-18(15-4-1-2-10-23-15)17(20(26)21(24)27)19(25)16-5-3-11-28-16/h1-11,18,26H. The number of carbonyl (C=O) groups is 2. The second-order valence-electron chi connectivity index (χ2n) is 6.06. The lowest BCUT2D eigenvalue weighted by Gasteiger charge is -2.25. The number of aromatic nitrogens is 1. The number of nitriles is 1. The number of rotatable bonds is 4. The zero-order chi connectivity index (χ0) is 19.7. The number of benzene rings is 1. The molecule has 0 radical (unpaired) electrons. The molecule has 0 aliphatic carbocycles. The van der Waals surface area contributed by atoms with Crippen molar-refractivity contribution in [1.82, 2.24) is 4.98 Å². The maximum Gasteiger partial charge on any atom is 0.294 e. The van der Waals surface area contributed by atoms with E-state index in [4.69, 9.17) is 9.68 Å². The van der Waals surface area contributed by atoms with Crippen molar-refractivity contribution < 1.29 is 19.1 Å². The Labute approximate surface area is 159 Å². The SMILES string of the molecule is N#Cc1ccc(N2C(=O)C(O)=C(C(=O)c3ccco3)C2c2ccccn2)cc1. The summed E-state index contributed by atoms with van der Waals surface area (Å²) in [6.07, 6.45) is 2.89. The van der Waals surface area contributed by atoms with Crippen LogP contribution in [-0.2, 0) is 4.79 Å². The number of ketones is 1. The van der Waals surface area contributed by atoms with Crippen LogP contribution in [0.3, 0.4) is 0 Å². The third kappa shape index (κ3) is 2.73. The predicted octanol–water partition coefficient (Wildman–Crippen LogP) is 3.33. The molecule has 3 aromatic rings. The van der Waals surface area contributed by atoms with Gasteiger partial charge in [0.15, 0.2) is 11.5 Å². The second-order valence-corrected chi connectivity index (χ2v) is 6.06. The normalized spacial score (nSPS) is 16.3. The van der Waals surface area contributed by atoms with Crippen LogP contribution < -0.4 is 4.90 Å². The summed E-state index contributed by atoms with van der Waals surface area (Å²) in [5.74, 6) is -1.96. The Balaban J connectivity index is 1.86. The van der Waals surface area contributed by atoms with Crippen LogP contribution >= 0.6 is 0 Å². The lowest BCUT2D eigenvalue weighted by atomic mass is 9.98. The second kappa shape index (κ2) is 6.85. The zero-order valence-corrected chi connectivity index (χ0v) is 14.4. The zero-order valence-electron chi connectivity index (χ0n) is 14.4. The quantitative estimate of drug-likeness (QED) is 0.705. The van der Waals surface area contributed by atoms with E-state index in [-0.39, 0.29) is 11.3 Å². The fraction of sp³-hybridized carbons (Fsp3) is 0.0476. The number of aliphatic hydroxyl groups is 1. The van der Waals surface area contributed by atoms with E-state index >= 15 is 0 Å². The van der Waals surface area contributed by atoms with Crippen LogP contribution in [0.5, 0.6) is 0 Å². The van der Waals surface area contributed by atoms with Gasteiger partial charge >= 0.3 is 0 Å². The molecule has 0 saturated carbocycles. The molecule has 7 nitrogen and oxygen atoms in total. The topological polar surface area (TPSA) is 107 Å². The van der Waals surface area contributed by atoms with Gasteiger partial charge in [-0.1, -0.05) is 6.07 Å². The van der Waals surface area contributed by atoms with Crippen molar-refractivity contribution >= 4 is 17.4 Å². The van der Waals surface area contributed by atoms with Crippen LogP contribution in [0.4, 0.5) is 5.69 Å². The van der Waals surface area contributed by atoms with Crippen molar-refractivity contribution in [2.24, 2.45) is 0 Å². The third-order valence-corrected chi connectivity index (χ3v) is 4.44. The maximum absolute atomic E-state index is 13.0. The van der Waals surface area contributed by atoms with Gasteiger partial charge in [0.25, 0.3) is 5.91 Å². The summed E-state index contributed by atoms with van der Waals surface area (Å²) < 4.78 is 5.17. The highest BCUT2D eigenvalue weighted by molar-refractivity contribution is 6.20. The Morgan fingerprint density at radius 2 is 1.93 bits per heavy atom. The van der Waals surface area contributed by atoms with Gasteiger partial charge in [0.2, 0.25) is 5.78 Å². The molecule has 1 unspecified atom stereocenters. The smallest absolute Gasteiger partial charge is 0.294 e. The molecule has 3 heterocycles. The van der Waals surface area contributed by atoms with Gasteiger partial charge in [-0.05, 0) is 48.5 Å². The minimum atomic E-state index is -0.931. The van der Waals surface area contributed by atoms with Crippen molar-refractivity contribution in [1.29, 1.82) is 5.26 Å². The van der Waals surface area contributed by atoms with Gasteiger partial charge in [-0.25, -0.2) is 0 Å². The van der Waals surface area contributed by atoms with Crippen LogP contribution in [0.25, 0.3) is 0 Å². The molecule has 4 rings (SSSR count). The van der Waals surface area contributed by atoms with Crippen LogP contribution in [0, 0.1) is 11.3 Å². The van der Waals surface area contributed by atoms with E-state index in [9.17, 15) is 14.7 Å². The third-order valence-electron chi connectivity index (χ3n) is 4.44. The van der Waals surface area contributed by atoms with Gasteiger partial charge < -0.3 is 9.52 Å². The Kier molecular flexibility index (Phi) is 4.22. The molecule has 7 heteroatoms. The molecule has 28 heavy (non-hydrogen) atoms. The van der Waals surface area contributed by atoms with E-state index < -0.39 is 23.5 Å².